The van der Waals surface area contributed by atoms with Crippen molar-refractivity contribution < 1.29 is 13.4 Å². The number of nitrogens with zero attached hydrogens (tertiary/aromatic N) is 2. The number of urea groups is 1. The maximum atomic E-state index is 14.8. The fourth-order valence-electron chi connectivity index (χ4n) is 5.02. The third-order valence-electron chi connectivity index (χ3n) is 7.14. The fraction of sp³-hybridized carbons (Fsp3) is 0.458. The zero-order valence-corrected chi connectivity index (χ0v) is 19.1. The van der Waals surface area contributed by atoms with Crippen molar-refractivity contribution in [1.29, 1.82) is 0 Å². The molecule has 1 unspecified atom stereocenters. The SMILES string of the molecule is CN(Cc1ccc(S(N)(=O)=NC(=O)Nc2c3c(cc4c2CC4)CCC3)c(F)c1)C1CCC1. The summed E-state index contributed by atoms with van der Waals surface area (Å²) >= 11 is 0. The normalized spacial score (nSPS) is 18.9. The standard InChI is InChI=1S/C24H29FN4O2S/c1-29(18-5-3-6-18)14-15-8-11-22(21(25)12-15)32(26,31)28-24(30)27-23-19-7-2-4-16(19)13-17-9-10-20(17)23/h8,11-13,18H,2-7,9-10,14H2,1H3,(H3,26,27,28,30,31). The van der Waals surface area contributed by atoms with Crippen LogP contribution in [0.15, 0.2) is 33.5 Å². The van der Waals surface area contributed by atoms with Crippen molar-refractivity contribution >= 4 is 21.6 Å². The van der Waals surface area contributed by atoms with Crippen molar-refractivity contribution in [1.82, 2.24) is 4.90 Å². The van der Waals surface area contributed by atoms with Gasteiger partial charge in [0.2, 0.25) is 0 Å². The van der Waals surface area contributed by atoms with E-state index in [2.05, 4.69) is 20.6 Å². The molecule has 2 amide bonds. The lowest BCUT2D eigenvalue weighted by Crippen LogP contribution is -2.36. The molecule has 3 N–H and O–H groups in total. The molecule has 170 valence electrons. The van der Waals surface area contributed by atoms with Gasteiger partial charge in [-0.1, -0.05) is 18.6 Å². The van der Waals surface area contributed by atoms with Gasteiger partial charge in [0, 0.05) is 18.3 Å². The summed E-state index contributed by atoms with van der Waals surface area (Å²) < 4.78 is 31.5. The molecule has 3 aliphatic rings. The van der Waals surface area contributed by atoms with Gasteiger partial charge in [0.25, 0.3) is 0 Å². The quantitative estimate of drug-likeness (QED) is 0.702. The minimum atomic E-state index is -3.71. The lowest BCUT2D eigenvalue weighted by atomic mass is 9.83. The van der Waals surface area contributed by atoms with Crippen LogP contribution in [0.1, 0.15) is 53.5 Å². The molecule has 1 atom stereocenters. The summed E-state index contributed by atoms with van der Waals surface area (Å²) in [6.45, 7) is 0.607. The number of benzene rings is 2. The van der Waals surface area contributed by atoms with Gasteiger partial charge >= 0.3 is 6.03 Å². The number of anilines is 1. The number of carbonyl (C=O) groups is 1. The Kier molecular flexibility index (Phi) is 5.55. The van der Waals surface area contributed by atoms with E-state index in [1.165, 1.54) is 29.7 Å². The third kappa shape index (κ3) is 3.95. The van der Waals surface area contributed by atoms with E-state index >= 15 is 0 Å². The summed E-state index contributed by atoms with van der Waals surface area (Å²) in [4.78, 5) is 14.6. The first kappa shape index (κ1) is 21.6. The molecule has 1 fully saturated rings. The Morgan fingerprint density at radius 2 is 1.91 bits per heavy atom. The first-order valence-corrected chi connectivity index (χ1v) is 12.9. The van der Waals surface area contributed by atoms with Crippen LogP contribution in [0.4, 0.5) is 14.9 Å². The molecule has 0 saturated heterocycles. The molecule has 8 heteroatoms. The highest BCUT2D eigenvalue weighted by Crippen LogP contribution is 2.39. The summed E-state index contributed by atoms with van der Waals surface area (Å²) in [6.07, 6.45) is 8.43. The second-order valence-electron chi connectivity index (χ2n) is 9.24. The number of carbonyl (C=O) groups excluding carboxylic acids is 1. The van der Waals surface area contributed by atoms with Crippen LogP contribution in [0.3, 0.4) is 0 Å². The van der Waals surface area contributed by atoms with Gasteiger partial charge < -0.3 is 5.32 Å². The number of hydrogen-bond donors (Lipinski definition) is 2. The number of aryl methyl sites for hydroxylation is 2. The van der Waals surface area contributed by atoms with Gasteiger partial charge in [0.05, 0.1) is 4.90 Å². The molecule has 2 aromatic carbocycles. The molecule has 3 aliphatic carbocycles. The highest BCUT2D eigenvalue weighted by atomic mass is 32.2. The average molecular weight is 457 g/mol. The predicted molar refractivity (Wildman–Crippen MR) is 123 cm³/mol. The van der Waals surface area contributed by atoms with Crippen LogP contribution in [0.25, 0.3) is 0 Å². The molecule has 0 spiro atoms. The zero-order chi connectivity index (χ0) is 22.5. The highest BCUT2D eigenvalue weighted by Gasteiger charge is 2.27. The van der Waals surface area contributed by atoms with Crippen molar-refractivity contribution in [3.05, 3.63) is 57.9 Å². The van der Waals surface area contributed by atoms with E-state index in [1.54, 1.807) is 6.07 Å². The minimum Gasteiger partial charge on any atom is -0.305 e. The topological polar surface area (TPSA) is 87.8 Å². The smallest absolute Gasteiger partial charge is 0.305 e. The van der Waals surface area contributed by atoms with Gasteiger partial charge in [-0.25, -0.2) is 18.5 Å². The van der Waals surface area contributed by atoms with Crippen LogP contribution < -0.4 is 10.5 Å². The highest BCUT2D eigenvalue weighted by molar-refractivity contribution is 7.91. The van der Waals surface area contributed by atoms with Crippen molar-refractivity contribution in [3.63, 3.8) is 0 Å². The van der Waals surface area contributed by atoms with Crippen LogP contribution in [0, 0.1) is 5.82 Å². The molecule has 32 heavy (non-hydrogen) atoms. The minimum absolute atomic E-state index is 0.242. The molecule has 0 aliphatic heterocycles. The van der Waals surface area contributed by atoms with E-state index in [4.69, 9.17) is 5.14 Å². The number of fused-ring (bicyclic) bond motifs is 2. The Morgan fingerprint density at radius 1 is 1.16 bits per heavy atom. The Balaban J connectivity index is 1.36. The molecule has 6 nitrogen and oxygen atoms in total. The van der Waals surface area contributed by atoms with E-state index in [0.717, 1.165) is 67.3 Å². The van der Waals surface area contributed by atoms with Crippen molar-refractivity contribution in [3.8, 4) is 0 Å². The van der Waals surface area contributed by atoms with Gasteiger partial charge in [0.15, 0.2) is 0 Å². The van der Waals surface area contributed by atoms with E-state index in [9.17, 15) is 13.4 Å². The lowest BCUT2D eigenvalue weighted by Gasteiger charge is -2.34. The number of halogens is 1. The van der Waals surface area contributed by atoms with Crippen LogP contribution >= 0.6 is 0 Å². The Bertz CT molecular complexity index is 1210. The molecule has 0 bridgehead atoms. The van der Waals surface area contributed by atoms with Crippen LogP contribution in [-0.2, 0) is 42.1 Å². The summed E-state index contributed by atoms with van der Waals surface area (Å²) in [5.74, 6) is -0.696. The number of nitrogens with one attached hydrogen (secondary N) is 1. The third-order valence-corrected chi connectivity index (χ3v) is 8.53. The maximum absolute atomic E-state index is 14.8. The molecule has 5 rings (SSSR count). The second-order valence-corrected chi connectivity index (χ2v) is 11.0. The van der Waals surface area contributed by atoms with E-state index in [-0.39, 0.29) is 4.90 Å². The first-order chi connectivity index (χ1) is 15.3. The van der Waals surface area contributed by atoms with Crippen molar-refractivity contribution in [2.24, 2.45) is 9.50 Å². The maximum Gasteiger partial charge on any atom is 0.354 e. The van der Waals surface area contributed by atoms with Gasteiger partial charge in [-0.15, -0.1) is 4.36 Å². The molecule has 0 heterocycles. The van der Waals surface area contributed by atoms with Crippen LogP contribution in [-0.4, -0.2) is 28.2 Å². The van der Waals surface area contributed by atoms with E-state index in [1.807, 2.05) is 7.05 Å². The summed E-state index contributed by atoms with van der Waals surface area (Å²) in [6, 6.07) is 6.43. The lowest BCUT2D eigenvalue weighted by molar-refractivity contribution is 0.152. The number of amides is 2. The predicted octanol–water partition coefficient (Wildman–Crippen LogP) is 4.33. The Labute approximate surface area is 188 Å². The molecule has 0 aromatic heterocycles. The summed E-state index contributed by atoms with van der Waals surface area (Å²) in [7, 11) is -1.69. The van der Waals surface area contributed by atoms with Gasteiger partial charge in [-0.05, 0) is 91.9 Å². The van der Waals surface area contributed by atoms with Gasteiger partial charge in [0.1, 0.15) is 15.7 Å². The second kappa shape index (κ2) is 8.24. The van der Waals surface area contributed by atoms with Crippen LogP contribution in [0.5, 0.6) is 0 Å². The fourth-order valence-corrected chi connectivity index (χ4v) is 6.01. The largest absolute Gasteiger partial charge is 0.354 e. The van der Waals surface area contributed by atoms with E-state index in [0.29, 0.717) is 12.6 Å². The average Bonchev–Trinajstić information content (AvgIpc) is 3.10. The van der Waals surface area contributed by atoms with Crippen molar-refractivity contribution in [2.75, 3.05) is 12.4 Å². The van der Waals surface area contributed by atoms with Crippen LogP contribution in [0.2, 0.25) is 0 Å². The molecular formula is C24H29FN4O2S. The van der Waals surface area contributed by atoms with Crippen molar-refractivity contribution in [2.45, 2.75) is 68.8 Å². The van der Waals surface area contributed by atoms with Gasteiger partial charge in [-0.2, -0.15) is 0 Å². The summed E-state index contributed by atoms with van der Waals surface area (Å²) in [5, 5.41) is 8.69. The zero-order valence-electron chi connectivity index (χ0n) is 18.3. The molecular weight excluding hydrogens is 427 g/mol. The van der Waals surface area contributed by atoms with Gasteiger partial charge in [-0.3, -0.25) is 4.90 Å². The molecule has 2 aromatic rings. The Morgan fingerprint density at radius 3 is 2.56 bits per heavy atom. The van der Waals surface area contributed by atoms with E-state index < -0.39 is 21.8 Å². The number of hydrogen-bond acceptors (Lipinski definition) is 3. The number of nitrogens with two attached hydrogens (primary N) is 1. The Hall–Kier alpha value is -2.29. The monoisotopic (exact) mass is 456 g/mol. The molecule has 1 saturated carbocycles. The molecule has 0 radical (unpaired) electrons. The summed E-state index contributed by atoms with van der Waals surface area (Å²) in [5.41, 5.74) is 6.36. The number of rotatable bonds is 5. The first-order valence-electron chi connectivity index (χ1n) is 11.3.